The first-order valence-electron chi connectivity index (χ1n) is 7.40. The van der Waals surface area contributed by atoms with Gasteiger partial charge < -0.3 is 9.47 Å². The zero-order valence-electron chi connectivity index (χ0n) is 13.8. The lowest BCUT2D eigenvalue weighted by Gasteiger charge is -2.18. The van der Waals surface area contributed by atoms with Crippen LogP contribution in [0.2, 0.25) is 0 Å². The third-order valence-corrected chi connectivity index (χ3v) is 5.29. The minimum absolute atomic E-state index is 0.0828. The fourth-order valence-corrected chi connectivity index (χ4v) is 3.47. The summed E-state index contributed by atoms with van der Waals surface area (Å²) in [5, 5.41) is 0. The van der Waals surface area contributed by atoms with Crippen LogP contribution in [0.4, 0.5) is 4.39 Å². The summed E-state index contributed by atoms with van der Waals surface area (Å²) in [4.78, 5) is -0.342. The van der Waals surface area contributed by atoms with Crippen LogP contribution < -0.4 is 9.47 Å². The van der Waals surface area contributed by atoms with Gasteiger partial charge in [0, 0.05) is 13.6 Å². The molecule has 0 aliphatic carbocycles. The van der Waals surface area contributed by atoms with E-state index in [0.717, 1.165) is 10.4 Å². The maximum Gasteiger partial charge on any atom is 0.246 e. The summed E-state index contributed by atoms with van der Waals surface area (Å²) in [6, 6.07) is 10.5. The third kappa shape index (κ3) is 3.85. The highest BCUT2D eigenvalue weighted by atomic mass is 32.2. The summed E-state index contributed by atoms with van der Waals surface area (Å²) in [5.74, 6) is 0.336. The zero-order valence-corrected chi connectivity index (χ0v) is 14.6. The van der Waals surface area contributed by atoms with Crippen molar-refractivity contribution < 1.29 is 22.3 Å². The summed E-state index contributed by atoms with van der Waals surface area (Å²) < 4.78 is 50.6. The van der Waals surface area contributed by atoms with Crippen molar-refractivity contribution in [2.24, 2.45) is 0 Å². The molecule has 0 aromatic heterocycles. The molecule has 0 aliphatic rings. The van der Waals surface area contributed by atoms with Gasteiger partial charge in [-0.25, -0.2) is 12.8 Å². The van der Waals surface area contributed by atoms with Crippen molar-refractivity contribution in [3.63, 3.8) is 0 Å². The van der Waals surface area contributed by atoms with Crippen LogP contribution in [-0.2, 0) is 16.6 Å². The molecule has 0 N–H and O–H groups in total. The van der Waals surface area contributed by atoms with E-state index in [2.05, 4.69) is 0 Å². The molecule has 7 heteroatoms. The molecule has 2 rings (SSSR count). The summed E-state index contributed by atoms with van der Waals surface area (Å²) in [7, 11) is -0.999. The predicted molar refractivity (Wildman–Crippen MR) is 89.2 cm³/mol. The van der Waals surface area contributed by atoms with Crippen molar-refractivity contribution in [2.75, 3.05) is 20.8 Å². The Labute approximate surface area is 141 Å². The van der Waals surface area contributed by atoms with E-state index in [1.165, 1.54) is 32.4 Å². The Morgan fingerprint density at radius 2 is 1.83 bits per heavy atom. The van der Waals surface area contributed by atoms with Crippen LogP contribution in [0.25, 0.3) is 0 Å². The van der Waals surface area contributed by atoms with E-state index in [0.29, 0.717) is 23.7 Å². The van der Waals surface area contributed by atoms with Gasteiger partial charge in [-0.1, -0.05) is 18.2 Å². The van der Waals surface area contributed by atoms with Crippen molar-refractivity contribution in [1.29, 1.82) is 0 Å². The number of benzene rings is 2. The molecule has 0 unspecified atom stereocenters. The van der Waals surface area contributed by atoms with Crippen LogP contribution in [-0.4, -0.2) is 33.5 Å². The number of halogens is 1. The monoisotopic (exact) mass is 353 g/mol. The number of rotatable bonds is 7. The molecule has 0 atom stereocenters. The van der Waals surface area contributed by atoms with Crippen molar-refractivity contribution in [3.05, 3.63) is 53.8 Å². The normalized spacial score (nSPS) is 11.5. The van der Waals surface area contributed by atoms with Crippen molar-refractivity contribution in [2.45, 2.75) is 18.4 Å². The maximum atomic E-state index is 13.8. The summed E-state index contributed by atoms with van der Waals surface area (Å²) in [5.41, 5.74) is 0.706. The van der Waals surface area contributed by atoms with Gasteiger partial charge >= 0.3 is 0 Å². The first-order chi connectivity index (χ1) is 11.4. The quantitative estimate of drug-likeness (QED) is 0.768. The van der Waals surface area contributed by atoms with Crippen molar-refractivity contribution in [3.8, 4) is 11.5 Å². The number of hydrogen-bond donors (Lipinski definition) is 0. The van der Waals surface area contributed by atoms with Gasteiger partial charge in [0.05, 0.1) is 13.7 Å². The molecule has 0 fully saturated rings. The Kier molecular flexibility index (Phi) is 5.80. The Morgan fingerprint density at radius 3 is 2.46 bits per heavy atom. The van der Waals surface area contributed by atoms with Crippen LogP contribution >= 0.6 is 0 Å². The molecular formula is C17H20FNO4S. The van der Waals surface area contributed by atoms with Gasteiger partial charge in [0.1, 0.15) is 10.7 Å². The van der Waals surface area contributed by atoms with E-state index in [1.54, 1.807) is 18.2 Å². The van der Waals surface area contributed by atoms with Crippen LogP contribution in [0.1, 0.15) is 12.5 Å². The van der Waals surface area contributed by atoms with E-state index in [9.17, 15) is 12.8 Å². The van der Waals surface area contributed by atoms with Crippen LogP contribution in [0, 0.1) is 5.82 Å². The van der Waals surface area contributed by atoms with Crippen molar-refractivity contribution >= 4 is 10.0 Å². The smallest absolute Gasteiger partial charge is 0.246 e. The van der Waals surface area contributed by atoms with Gasteiger partial charge in [-0.05, 0) is 36.8 Å². The fourth-order valence-electron chi connectivity index (χ4n) is 2.25. The molecular weight excluding hydrogens is 333 g/mol. The number of ether oxygens (including phenoxy) is 2. The molecule has 0 heterocycles. The van der Waals surface area contributed by atoms with E-state index in [1.807, 2.05) is 6.92 Å². The second-order valence-corrected chi connectivity index (χ2v) is 7.12. The number of methoxy groups -OCH3 is 1. The highest BCUT2D eigenvalue weighted by Gasteiger charge is 2.24. The lowest BCUT2D eigenvalue weighted by atomic mass is 10.2. The molecule has 0 bridgehead atoms. The average molecular weight is 353 g/mol. The standard InChI is InChI=1S/C17H20FNO4S/c1-4-23-15-10-9-13(11-16(15)22-3)12-19(2)24(20,21)17-8-6-5-7-14(17)18/h5-11H,4,12H2,1-3H3. The summed E-state index contributed by atoms with van der Waals surface area (Å²) in [6.07, 6.45) is 0. The lowest BCUT2D eigenvalue weighted by Crippen LogP contribution is -2.27. The van der Waals surface area contributed by atoms with E-state index in [-0.39, 0.29) is 11.4 Å². The summed E-state index contributed by atoms with van der Waals surface area (Å²) >= 11 is 0. The molecule has 0 saturated heterocycles. The second kappa shape index (κ2) is 7.63. The number of hydrogen-bond acceptors (Lipinski definition) is 4. The van der Waals surface area contributed by atoms with Crippen LogP contribution in [0.15, 0.2) is 47.4 Å². The first-order valence-corrected chi connectivity index (χ1v) is 8.84. The van der Waals surface area contributed by atoms with E-state index >= 15 is 0 Å². The average Bonchev–Trinajstić information content (AvgIpc) is 2.56. The van der Waals surface area contributed by atoms with Crippen LogP contribution in [0.3, 0.4) is 0 Å². The zero-order chi connectivity index (χ0) is 17.7. The van der Waals surface area contributed by atoms with Crippen molar-refractivity contribution in [1.82, 2.24) is 4.31 Å². The third-order valence-electron chi connectivity index (χ3n) is 3.46. The molecule has 5 nitrogen and oxygen atoms in total. The predicted octanol–water partition coefficient (Wildman–Crippen LogP) is 3.05. The molecule has 0 aliphatic heterocycles. The van der Waals surface area contributed by atoms with Gasteiger partial charge in [0.2, 0.25) is 10.0 Å². The van der Waals surface area contributed by atoms with Gasteiger partial charge in [-0.3, -0.25) is 0 Å². The SMILES string of the molecule is CCOc1ccc(CN(C)S(=O)(=O)c2ccccc2F)cc1OC. The van der Waals surface area contributed by atoms with E-state index in [4.69, 9.17) is 9.47 Å². The van der Waals surface area contributed by atoms with Gasteiger partial charge in [-0.15, -0.1) is 0 Å². The largest absolute Gasteiger partial charge is 0.493 e. The minimum atomic E-state index is -3.92. The maximum absolute atomic E-state index is 13.8. The highest BCUT2D eigenvalue weighted by molar-refractivity contribution is 7.89. The van der Waals surface area contributed by atoms with Gasteiger partial charge in [-0.2, -0.15) is 4.31 Å². The molecule has 0 spiro atoms. The molecule has 2 aromatic carbocycles. The number of sulfonamides is 1. The molecule has 24 heavy (non-hydrogen) atoms. The molecule has 2 aromatic rings. The second-order valence-electron chi connectivity index (χ2n) is 5.11. The molecule has 130 valence electrons. The molecule has 0 radical (unpaired) electrons. The molecule has 0 saturated carbocycles. The van der Waals surface area contributed by atoms with Crippen LogP contribution in [0.5, 0.6) is 11.5 Å². The Hall–Kier alpha value is -2.12. The lowest BCUT2D eigenvalue weighted by molar-refractivity contribution is 0.310. The topological polar surface area (TPSA) is 55.8 Å². The Bertz CT molecular complexity index is 808. The number of nitrogens with zero attached hydrogens (tertiary/aromatic N) is 1. The Morgan fingerprint density at radius 1 is 1.12 bits per heavy atom. The first kappa shape index (κ1) is 18.2. The summed E-state index contributed by atoms with van der Waals surface area (Å²) in [6.45, 7) is 2.44. The van der Waals surface area contributed by atoms with E-state index < -0.39 is 15.8 Å². The van der Waals surface area contributed by atoms with Gasteiger partial charge in [0.25, 0.3) is 0 Å². The highest BCUT2D eigenvalue weighted by Crippen LogP contribution is 2.29. The Balaban J connectivity index is 2.26. The fraction of sp³-hybridized carbons (Fsp3) is 0.294. The minimum Gasteiger partial charge on any atom is -0.493 e. The van der Waals surface area contributed by atoms with Gasteiger partial charge in [0.15, 0.2) is 11.5 Å². The molecule has 0 amide bonds.